The van der Waals surface area contributed by atoms with E-state index in [1.54, 1.807) is 0 Å². The van der Waals surface area contributed by atoms with E-state index in [2.05, 4.69) is 148 Å². The van der Waals surface area contributed by atoms with Crippen LogP contribution < -0.4 is 0 Å². The van der Waals surface area contributed by atoms with Gasteiger partial charge in [0.2, 0.25) is 0 Å². The summed E-state index contributed by atoms with van der Waals surface area (Å²) in [6.07, 6.45) is 3.80. The van der Waals surface area contributed by atoms with Crippen molar-refractivity contribution in [1.82, 2.24) is 24.1 Å². The van der Waals surface area contributed by atoms with E-state index in [9.17, 15) is 0 Å². The van der Waals surface area contributed by atoms with E-state index < -0.39 is 0 Å². The van der Waals surface area contributed by atoms with E-state index in [0.29, 0.717) is 5.82 Å². The second kappa shape index (κ2) is 9.75. The molecule has 0 atom stereocenters. The van der Waals surface area contributed by atoms with Gasteiger partial charge in [0.15, 0.2) is 5.82 Å². The SMILES string of the molecule is c1ccc(-c2cc(-n3c4ccccc4c4ccccc43)nc(-c3ccccc3-n3c4ccccc4c4cnccc43)n2)cc1. The molecule has 0 saturated heterocycles. The molecular weight excluding hydrogens is 538 g/mol. The van der Waals surface area contributed by atoms with Crippen LogP contribution in [-0.4, -0.2) is 24.1 Å². The molecule has 0 radical (unpaired) electrons. The first-order valence-electron chi connectivity index (χ1n) is 14.7. The highest BCUT2D eigenvalue weighted by molar-refractivity contribution is 6.10. The van der Waals surface area contributed by atoms with Gasteiger partial charge in [-0.05, 0) is 36.4 Å². The lowest BCUT2D eigenvalue weighted by Gasteiger charge is -2.15. The lowest BCUT2D eigenvalue weighted by molar-refractivity contribution is 1.04. The molecule has 9 aromatic rings. The van der Waals surface area contributed by atoms with E-state index in [-0.39, 0.29) is 0 Å². The molecule has 0 aliphatic rings. The average Bonchev–Trinajstić information content (AvgIpc) is 3.62. The third-order valence-electron chi connectivity index (χ3n) is 8.45. The maximum absolute atomic E-state index is 5.33. The van der Waals surface area contributed by atoms with Crippen molar-refractivity contribution in [1.29, 1.82) is 0 Å². The monoisotopic (exact) mass is 563 g/mol. The van der Waals surface area contributed by atoms with E-state index in [4.69, 9.17) is 9.97 Å². The Balaban J connectivity index is 1.36. The van der Waals surface area contributed by atoms with Gasteiger partial charge in [-0.25, -0.2) is 9.97 Å². The second-order valence-electron chi connectivity index (χ2n) is 10.9. The maximum Gasteiger partial charge on any atom is 0.164 e. The molecule has 4 aromatic heterocycles. The molecule has 5 nitrogen and oxygen atoms in total. The van der Waals surface area contributed by atoms with Crippen molar-refractivity contribution in [3.63, 3.8) is 0 Å². The van der Waals surface area contributed by atoms with Crippen LogP contribution in [0.4, 0.5) is 0 Å². The highest BCUT2D eigenvalue weighted by Gasteiger charge is 2.20. The summed E-state index contributed by atoms with van der Waals surface area (Å²) in [5, 5.41) is 4.67. The van der Waals surface area contributed by atoms with Crippen molar-refractivity contribution in [3.05, 3.63) is 152 Å². The van der Waals surface area contributed by atoms with Crippen molar-refractivity contribution in [2.24, 2.45) is 0 Å². The van der Waals surface area contributed by atoms with Gasteiger partial charge in [0, 0.05) is 51.1 Å². The van der Waals surface area contributed by atoms with Crippen LogP contribution >= 0.6 is 0 Å². The second-order valence-corrected chi connectivity index (χ2v) is 10.9. The standard InChI is InChI=1S/C39H25N5/c1-2-12-26(13-3-1)32-24-38(44-34-19-9-4-14-27(34)28-15-5-10-20-35(28)44)42-39(41-32)30-17-7-11-21-36(30)43-33-18-8-6-16-29(33)31-25-40-23-22-37(31)43/h1-25H. The van der Waals surface area contributed by atoms with Crippen LogP contribution in [-0.2, 0) is 0 Å². The van der Waals surface area contributed by atoms with Crippen LogP contribution in [0.5, 0.6) is 0 Å². The molecule has 0 aliphatic carbocycles. The van der Waals surface area contributed by atoms with Crippen LogP contribution in [0.25, 0.3) is 77.8 Å². The zero-order chi connectivity index (χ0) is 29.0. The predicted octanol–water partition coefficient (Wildman–Crippen LogP) is 9.40. The van der Waals surface area contributed by atoms with Crippen molar-refractivity contribution in [2.75, 3.05) is 0 Å². The summed E-state index contributed by atoms with van der Waals surface area (Å²) in [5.74, 6) is 1.49. The zero-order valence-corrected chi connectivity index (χ0v) is 23.7. The molecule has 5 heteroatoms. The summed E-state index contributed by atoms with van der Waals surface area (Å²) in [5.41, 5.74) is 8.31. The Bertz CT molecular complexity index is 2400. The van der Waals surface area contributed by atoms with Crippen LogP contribution in [0.3, 0.4) is 0 Å². The highest BCUT2D eigenvalue weighted by Crippen LogP contribution is 2.37. The van der Waals surface area contributed by atoms with E-state index >= 15 is 0 Å². The lowest BCUT2D eigenvalue weighted by atomic mass is 10.1. The number of nitrogens with zero attached hydrogens (tertiary/aromatic N) is 5. The summed E-state index contributed by atoms with van der Waals surface area (Å²) in [7, 11) is 0. The Kier molecular flexibility index (Phi) is 5.43. The number of para-hydroxylation sites is 4. The first-order valence-corrected chi connectivity index (χ1v) is 14.7. The molecule has 0 aliphatic heterocycles. The van der Waals surface area contributed by atoms with Crippen molar-refractivity contribution < 1.29 is 0 Å². The predicted molar refractivity (Wildman–Crippen MR) is 179 cm³/mol. The molecule has 0 bridgehead atoms. The molecule has 0 N–H and O–H groups in total. The Labute approximate surface area is 253 Å². The highest BCUT2D eigenvalue weighted by atomic mass is 15.1. The minimum absolute atomic E-state index is 0.666. The Morgan fingerprint density at radius 3 is 1.75 bits per heavy atom. The van der Waals surface area contributed by atoms with E-state index in [0.717, 1.165) is 61.2 Å². The number of hydrogen-bond donors (Lipinski definition) is 0. The normalized spacial score (nSPS) is 11.6. The van der Waals surface area contributed by atoms with Crippen molar-refractivity contribution in [2.45, 2.75) is 0 Å². The summed E-state index contributed by atoms with van der Waals surface area (Å²) < 4.78 is 4.57. The third kappa shape index (κ3) is 3.69. The number of aromatic nitrogens is 5. The summed E-state index contributed by atoms with van der Waals surface area (Å²) in [6, 6.07) is 48.5. The Morgan fingerprint density at radius 2 is 1.02 bits per heavy atom. The lowest BCUT2D eigenvalue weighted by Crippen LogP contribution is -2.04. The average molecular weight is 564 g/mol. The van der Waals surface area contributed by atoms with Crippen LogP contribution in [0.1, 0.15) is 0 Å². The van der Waals surface area contributed by atoms with Gasteiger partial charge in [-0.2, -0.15) is 0 Å². The molecule has 206 valence electrons. The molecule has 0 saturated carbocycles. The first kappa shape index (κ1) is 24.5. The quantitative estimate of drug-likeness (QED) is 0.214. The van der Waals surface area contributed by atoms with E-state index in [1.807, 2.05) is 18.5 Å². The molecule has 5 aromatic carbocycles. The number of pyridine rings is 1. The Hall–Kier alpha value is -6.07. The largest absolute Gasteiger partial charge is 0.308 e. The van der Waals surface area contributed by atoms with Crippen molar-refractivity contribution in [3.8, 4) is 34.2 Å². The van der Waals surface area contributed by atoms with Gasteiger partial charge in [0.25, 0.3) is 0 Å². The Morgan fingerprint density at radius 1 is 0.455 bits per heavy atom. The third-order valence-corrected chi connectivity index (χ3v) is 8.45. The summed E-state index contributed by atoms with van der Waals surface area (Å²) >= 11 is 0. The minimum Gasteiger partial charge on any atom is -0.308 e. The van der Waals surface area contributed by atoms with Gasteiger partial charge in [-0.15, -0.1) is 0 Å². The fourth-order valence-corrected chi connectivity index (χ4v) is 6.53. The number of hydrogen-bond acceptors (Lipinski definition) is 3. The van der Waals surface area contributed by atoms with Gasteiger partial charge >= 0.3 is 0 Å². The van der Waals surface area contributed by atoms with Crippen LogP contribution in [0.15, 0.2) is 152 Å². The summed E-state index contributed by atoms with van der Waals surface area (Å²) in [4.78, 5) is 15.0. The minimum atomic E-state index is 0.666. The molecule has 0 unspecified atom stereocenters. The molecular formula is C39H25N5. The zero-order valence-electron chi connectivity index (χ0n) is 23.7. The number of rotatable bonds is 4. The van der Waals surface area contributed by atoms with Gasteiger partial charge in [-0.1, -0.05) is 97.1 Å². The molecule has 0 amide bonds. The molecule has 0 fully saturated rings. The van der Waals surface area contributed by atoms with Gasteiger partial charge in [0.05, 0.1) is 33.4 Å². The summed E-state index contributed by atoms with van der Waals surface area (Å²) in [6.45, 7) is 0. The molecule has 0 spiro atoms. The van der Waals surface area contributed by atoms with Gasteiger partial charge in [-0.3, -0.25) is 9.55 Å². The van der Waals surface area contributed by atoms with Gasteiger partial charge < -0.3 is 4.57 Å². The fourth-order valence-electron chi connectivity index (χ4n) is 6.53. The number of fused-ring (bicyclic) bond motifs is 6. The first-order chi connectivity index (χ1) is 21.8. The van der Waals surface area contributed by atoms with Crippen LogP contribution in [0.2, 0.25) is 0 Å². The van der Waals surface area contributed by atoms with Gasteiger partial charge in [0.1, 0.15) is 5.82 Å². The molecule has 44 heavy (non-hydrogen) atoms. The topological polar surface area (TPSA) is 48.5 Å². The molecule has 4 heterocycles. The maximum atomic E-state index is 5.33. The van der Waals surface area contributed by atoms with E-state index in [1.165, 1.54) is 10.8 Å². The van der Waals surface area contributed by atoms with Crippen LogP contribution in [0, 0.1) is 0 Å². The molecule has 9 rings (SSSR count). The fraction of sp³-hybridized carbons (Fsp3) is 0. The number of benzene rings is 5. The van der Waals surface area contributed by atoms with Crippen molar-refractivity contribution >= 4 is 43.6 Å². The smallest absolute Gasteiger partial charge is 0.164 e.